The number of carbonyl (C=O) groups excluding carboxylic acids is 2. The Labute approximate surface area is 254 Å². The molecule has 0 aliphatic rings. The van der Waals surface area contributed by atoms with Crippen molar-refractivity contribution in [3.63, 3.8) is 0 Å². The molecular formula is C32H41N3O7S. The fraction of sp³-hybridized carbons (Fsp3) is 0.375. The van der Waals surface area contributed by atoms with E-state index in [0.29, 0.717) is 23.7 Å². The van der Waals surface area contributed by atoms with E-state index in [1.807, 2.05) is 32.9 Å². The maximum Gasteiger partial charge on any atom is 0.264 e. The van der Waals surface area contributed by atoms with E-state index in [1.165, 1.54) is 37.3 Å². The first-order chi connectivity index (χ1) is 20.6. The van der Waals surface area contributed by atoms with Crippen LogP contribution in [-0.4, -0.2) is 65.1 Å². The molecule has 10 nitrogen and oxygen atoms in total. The van der Waals surface area contributed by atoms with Gasteiger partial charge >= 0.3 is 0 Å². The average molecular weight is 612 g/mol. The highest BCUT2D eigenvalue weighted by molar-refractivity contribution is 7.92. The summed E-state index contributed by atoms with van der Waals surface area (Å²) in [7, 11) is 0.274. The lowest BCUT2D eigenvalue weighted by Gasteiger charge is -2.34. The Morgan fingerprint density at radius 2 is 1.49 bits per heavy atom. The van der Waals surface area contributed by atoms with Crippen LogP contribution in [-0.2, 0) is 26.2 Å². The van der Waals surface area contributed by atoms with Gasteiger partial charge in [-0.15, -0.1) is 0 Å². The number of methoxy groups -OCH3 is 3. The van der Waals surface area contributed by atoms with Crippen LogP contribution in [0.25, 0.3) is 0 Å². The van der Waals surface area contributed by atoms with E-state index in [2.05, 4.69) is 5.32 Å². The van der Waals surface area contributed by atoms with Gasteiger partial charge in [-0.25, -0.2) is 8.42 Å². The summed E-state index contributed by atoms with van der Waals surface area (Å²) in [5.74, 6) is 0.508. The van der Waals surface area contributed by atoms with Gasteiger partial charge in [0, 0.05) is 18.7 Å². The molecule has 0 bridgehead atoms. The Bertz CT molecular complexity index is 1460. The quantitative estimate of drug-likeness (QED) is 0.267. The minimum absolute atomic E-state index is 0.0147. The SMILES string of the molecule is CC[C@@H](C)NC(=O)[C@@H](CC)N(Cc1ccc(OC)cc1)C(=O)CN(c1ccc(OC)c(OC)c1)S(=O)(=O)c1ccccc1. The van der Waals surface area contributed by atoms with Gasteiger partial charge in [0.15, 0.2) is 11.5 Å². The van der Waals surface area contributed by atoms with Crippen molar-refractivity contribution in [2.45, 2.75) is 57.1 Å². The summed E-state index contributed by atoms with van der Waals surface area (Å²) in [5.41, 5.74) is 0.962. The highest BCUT2D eigenvalue weighted by atomic mass is 32.2. The maximum absolute atomic E-state index is 14.2. The molecule has 3 aromatic rings. The summed E-state index contributed by atoms with van der Waals surface area (Å²) in [5, 5.41) is 2.97. The van der Waals surface area contributed by atoms with Gasteiger partial charge in [0.2, 0.25) is 11.8 Å². The molecule has 0 fully saturated rings. The molecule has 232 valence electrons. The minimum Gasteiger partial charge on any atom is -0.497 e. The summed E-state index contributed by atoms with van der Waals surface area (Å²) in [6, 6.07) is 18.7. The van der Waals surface area contributed by atoms with Gasteiger partial charge in [0.1, 0.15) is 18.3 Å². The lowest BCUT2D eigenvalue weighted by molar-refractivity contribution is -0.140. The first-order valence-corrected chi connectivity index (χ1v) is 15.6. The van der Waals surface area contributed by atoms with Crippen LogP contribution in [0, 0.1) is 0 Å². The van der Waals surface area contributed by atoms with Crippen molar-refractivity contribution in [1.29, 1.82) is 0 Å². The summed E-state index contributed by atoms with van der Waals surface area (Å²) in [4.78, 5) is 29.1. The summed E-state index contributed by atoms with van der Waals surface area (Å²) in [6.45, 7) is 5.20. The van der Waals surface area contributed by atoms with E-state index in [1.54, 1.807) is 49.6 Å². The van der Waals surface area contributed by atoms with Crippen molar-refractivity contribution >= 4 is 27.5 Å². The summed E-state index contributed by atoms with van der Waals surface area (Å²) < 4.78 is 45.1. The Balaban J connectivity index is 2.10. The fourth-order valence-electron chi connectivity index (χ4n) is 4.52. The molecule has 2 atom stereocenters. The Morgan fingerprint density at radius 1 is 0.837 bits per heavy atom. The standard InChI is InChI=1S/C32H41N3O7S/c1-7-23(3)33-32(37)28(8-2)34(21-24-14-17-26(40-4)18-15-24)31(36)22-35(43(38,39)27-12-10-9-11-13-27)25-16-19-29(41-5)30(20-25)42-6/h9-20,23,28H,7-8,21-22H2,1-6H3,(H,33,37)/t23-,28-/m1/s1. The fourth-order valence-corrected chi connectivity index (χ4v) is 5.94. The van der Waals surface area contributed by atoms with Gasteiger partial charge in [0.25, 0.3) is 10.0 Å². The number of hydrogen-bond acceptors (Lipinski definition) is 7. The van der Waals surface area contributed by atoms with Crippen molar-refractivity contribution in [3.05, 3.63) is 78.4 Å². The Kier molecular flexibility index (Phi) is 11.8. The molecular weight excluding hydrogens is 570 g/mol. The molecule has 0 aliphatic heterocycles. The predicted molar refractivity (Wildman–Crippen MR) is 166 cm³/mol. The molecule has 3 aromatic carbocycles. The first-order valence-electron chi connectivity index (χ1n) is 14.1. The highest BCUT2D eigenvalue weighted by Gasteiger charge is 2.34. The molecule has 43 heavy (non-hydrogen) atoms. The monoisotopic (exact) mass is 611 g/mol. The molecule has 2 amide bonds. The third kappa shape index (κ3) is 8.19. The van der Waals surface area contributed by atoms with Gasteiger partial charge in [-0.1, -0.05) is 44.2 Å². The van der Waals surface area contributed by atoms with Crippen LogP contribution in [0.1, 0.15) is 39.2 Å². The molecule has 0 heterocycles. The van der Waals surface area contributed by atoms with E-state index in [9.17, 15) is 18.0 Å². The molecule has 0 saturated heterocycles. The number of rotatable bonds is 15. The topological polar surface area (TPSA) is 114 Å². The molecule has 1 N–H and O–H groups in total. The minimum atomic E-state index is -4.21. The second-order valence-electron chi connectivity index (χ2n) is 9.98. The summed E-state index contributed by atoms with van der Waals surface area (Å²) in [6.07, 6.45) is 1.04. The second kappa shape index (κ2) is 15.3. The van der Waals surface area contributed by atoms with Crippen LogP contribution in [0.15, 0.2) is 77.7 Å². The lowest BCUT2D eigenvalue weighted by atomic mass is 10.1. The van der Waals surface area contributed by atoms with Gasteiger partial charge in [-0.3, -0.25) is 13.9 Å². The zero-order valence-corrected chi connectivity index (χ0v) is 26.4. The van der Waals surface area contributed by atoms with Crippen molar-refractivity contribution in [2.75, 3.05) is 32.2 Å². The lowest BCUT2D eigenvalue weighted by Crippen LogP contribution is -2.53. The van der Waals surface area contributed by atoms with E-state index >= 15 is 0 Å². The molecule has 0 spiro atoms. The van der Waals surface area contributed by atoms with Crippen molar-refractivity contribution in [2.24, 2.45) is 0 Å². The Morgan fingerprint density at radius 3 is 2.05 bits per heavy atom. The van der Waals surface area contributed by atoms with E-state index in [-0.39, 0.29) is 29.1 Å². The number of ether oxygens (including phenoxy) is 3. The van der Waals surface area contributed by atoms with E-state index in [4.69, 9.17) is 14.2 Å². The van der Waals surface area contributed by atoms with Gasteiger partial charge in [-0.05, 0) is 61.7 Å². The van der Waals surface area contributed by atoms with E-state index < -0.39 is 28.5 Å². The number of sulfonamides is 1. The molecule has 0 saturated carbocycles. The van der Waals surface area contributed by atoms with Crippen LogP contribution in [0.4, 0.5) is 5.69 Å². The highest BCUT2D eigenvalue weighted by Crippen LogP contribution is 2.34. The predicted octanol–water partition coefficient (Wildman–Crippen LogP) is 4.63. The molecule has 11 heteroatoms. The third-order valence-electron chi connectivity index (χ3n) is 7.16. The van der Waals surface area contributed by atoms with Crippen LogP contribution >= 0.6 is 0 Å². The number of benzene rings is 3. The van der Waals surface area contributed by atoms with Gasteiger partial charge in [-0.2, -0.15) is 0 Å². The van der Waals surface area contributed by atoms with Crippen molar-refractivity contribution in [3.8, 4) is 17.2 Å². The van der Waals surface area contributed by atoms with Crippen LogP contribution in [0.5, 0.6) is 17.2 Å². The number of carbonyl (C=O) groups is 2. The Hall–Kier alpha value is -4.25. The largest absolute Gasteiger partial charge is 0.497 e. The molecule has 0 aromatic heterocycles. The third-order valence-corrected chi connectivity index (χ3v) is 8.95. The number of anilines is 1. The van der Waals surface area contributed by atoms with Crippen molar-refractivity contribution < 1.29 is 32.2 Å². The van der Waals surface area contributed by atoms with Gasteiger partial charge < -0.3 is 24.4 Å². The average Bonchev–Trinajstić information content (AvgIpc) is 3.03. The molecule has 3 rings (SSSR count). The first kappa shape index (κ1) is 33.3. The molecule has 0 radical (unpaired) electrons. The number of nitrogens with one attached hydrogen (secondary N) is 1. The zero-order chi connectivity index (χ0) is 31.6. The second-order valence-corrected chi connectivity index (χ2v) is 11.8. The van der Waals surface area contributed by atoms with Gasteiger partial charge in [0.05, 0.1) is 31.9 Å². The number of nitrogens with zero attached hydrogens (tertiary/aromatic N) is 2. The van der Waals surface area contributed by atoms with Crippen LogP contribution < -0.4 is 23.8 Å². The smallest absolute Gasteiger partial charge is 0.264 e. The zero-order valence-electron chi connectivity index (χ0n) is 25.6. The maximum atomic E-state index is 14.2. The van der Waals surface area contributed by atoms with Crippen LogP contribution in [0.3, 0.4) is 0 Å². The number of hydrogen-bond donors (Lipinski definition) is 1. The molecule has 0 aliphatic carbocycles. The van der Waals surface area contributed by atoms with Crippen molar-refractivity contribution in [1.82, 2.24) is 10.2 Å². The molecule has 0 unspecified atom stereocenters. The van der Waals surface area contributed by atoms with Crippen LogP contribution in [0.2, 0.25) is 0 Å². The number of amides is 2. The normalized spacial score (nSPS) is 12.5. The summed E-state index contributed by atoms with van der Waals surface area (Å²) >= 11 is 0. The van der Waals surface area contributed by atoms with E-state index in [0.717, 1.165) is 16.3 Å².